The maximum Gasteiger partial charge on any atom is 0.254 e. The fourth-order valence-corrected chi connectivity index (χ4v) is 2.23. The molecule has 0 aliphatic heterocycles. The van der Waals surface area contributed by atoms with Gasteiger partial charge >= 0.3 is 0 Å². The molecule has 0 radical (unpaired) electrons. The number of hydrogen-bond acceptors (Lipinski definition) is 3. The minimum Gasteiger partial charge on any atom is -0.472 e. The van der Waals surface area contributed by atoms with E-state index in [4.69, 9.17) is 4.42 Å². The number of hydrogen-bond donors (Lipinski definition) is 1. The van der Waals surface area contributed by atoms with Crippen LogP contribution in [-0.2, 0) is 0 Å². The molecule has 18 heavy (non-hydrogen) atoms. The van der Waals surface area contributed by atoms with E-state index < -0.39 is 0 Å². The van der Waals surface area contributed by atoms with Crippen LogP contribution in [-0.4, -0.2) is 18.2 Å². The molecule has 0 saturated carbocycles. The van der Waals surface area contributed by atoms with Gasteiger partial charge in [0.05, 0.1) is 11.8 Å². The molecule has 4 heteroatoms. The van der Waals surface area contributed by atoms with Gasteiger partial charge in [-0.15, -0.1) is 11.8 Å². The Labute approximate surface area is 111 Å². The van der Waals surface area contributed by atoms with Crippen LogP contribution in [0.25, 0.3) is 0 Å². The topological polar surface area (TPSA) is 42.2 Å². The summed E-state index contributed by atoms with van der Waals surface area (Å²) in [7, 11) is 0. The maximum atomic E-state index is 11.6. The van der Waals surface area contributed by atoms with Crippen LogP contribution in [0.5, 0.6) is 0 Å². The minimum absolute atomic E-state index is 0.0896. The number of furan rings is 1. The van der Waals surface area contributed by atoms with E-state index in [1.165, 1.54) is 23.0 Å². The molecule has 1 aromatic carbocycles. The zero-order valence-corrected chi connectivity index (χ0v) is 11.0. The van der Waals surface area contributed by atoms with E-state index in [0.29, 0.717) is 12.1 Å². The van der Waals surface area contributed by atoms with E-state index in [-0.39, 0.29) is 5.91 Å². The van der Waals surface area contributed by atoms with Crippen LogP contribution in [0, 0.1) is 6.92 Å². The fraction of sp³-hybridized carbons (Fsp3) is 0.214. The summed E-state index contributed by atoms with van der Waals surface area (Å²) < 4.78 is 4.86. The monoisotopic (exact) mass is 261 g/mol. The lowest BCUT2D eigenvalue weighted by Crippen LogP contribution is -2.25. The number of nitrogens with one attached hydrogen (secondary N) is 1. The van der Waals surface area contributed by atoms with Gasteiger partial charge in [0, 0.05) is 17.2 Å². The van der Waals surface area contributed by atoms with E-state index >= 15 is 0 Å². The van der Waals surface area contributed by atoms with Gasteiger partial charge in [0.2, 0.25) is 0 Å². The van der Waals surface area contributed by atoms with Gasteiger partial charge < -0.3 is 9.73 Å². The molecular weight excluding hydrogens is 246 g/mol. The van der Waals surface area contributed by atoms with Crippen LogP contribution in [0.2, 0.25) is 0 Å². The zero-order chi connectivity index (χ0) is 12.8. The number of rotatable bonds is 5. The first-order valence-corrected chi connectivity index (χ1v) is 6.74. The highest BCUT2D eigenvalue weighted by atomic mass is 32.2. The Balaban J connectivity index is 1.70. The molecule has 1 heterocycles. The molecule has 1 N–H and O–H groups in total. The normalized spacial score (nSPS) is 10.3. The summed E-state index contributed by atoms with van der Waals surface area (Å²) in [6.07, 6.45) is 2.94. The molecule has 0 bridgehead atoms. The third-order valence-electron chi connectivity index (χ3n) is 2.46. The second-order valence-electron chi connectivity index (χ2n) is 3.93. The third-order valence-corrected chi connectivity index (χ3v) is 3.47. The quantitative estimate of drug-likeness (QED) is 0.664. The van der Waals surface area contributed by atoms with Crippen molar-refractivity contribution in [3.63, 3.8) is 0 Å². The van der Waals surface area contributed by atoms with Crippen molar-refractivity contribution in [2.75, 3.05) is 12.3 Å². The van der Waals surface area contributed by atoms with Crippen molar-refractivity contribution in [1.82, 2.24) is 5.32 Å². The van der Waals surface area contributed by atoms with E-state index in [9.17, 15) is 4.79 Å². The van der Waals surface area contributed by atoms with Gasteiger partial charge in [0.1, 0.15) is 6.26 Å². The van der Waals surface area contributed by atoms with Crippen LogP contribution in [0.15, 0.2) is 52.2 Å². The number of amides is 1. The Kier molecular flexibility index (Phi) is 4.47. The van der Waals surface area contributed by atoms with E-state index in [0.717, 1.165) is 5.75 Å². The van der Waals surface area contributed by atoms with Gasteiger partial charge in [0.15, 0.2) is 0 Å². The average molecular weight is 261 g/mol. The molecule has 0 unspecified atom stereocenters. The van der Waals surface area contributed by atoms with Crippen molar-refractivity contribution in [2.24, 2.45) is 0 Å². The molecule has 0 aliphatic rings. The molecule has 1 aromatic heterocycles. The average Bonchev–Trinajstić information content (AvgIpc) is 2.90. The Morgan fingerprint density at radius 3 is 2.72 bits per heavy atom. The largest absolute Gasteiger partial charge is 0.472 e. The number of benzene rings is 1. The lowest BCUT2D eigenvalue weighted by molar-refractivity contribution is 0.0955. The number of carbonyl (C=O) groups excluding carboxylic acids is 1. The van der Waals surface area contributed by atoms with Crippen LogP contribution < -0.4 is 5.32 Å². The van der Waals surface area contributed by atoms with Crippen LogP contribution in [0.3, 0.4) is 0 Å². The van der Waals surface area contributed by atoms with Gasteiger partial charge in [-0.3, -0.25) is 4.79 Å². The molecular formula is C14H15NO2S. The molecule has 0 aliphatic carbocycles. The van der Waals surface area contributed by atoms with Crippen molar-refractivity contribution < 1.29 is 9.21 Å². The molecule has 94 valence electrons. The number of aryl methyl sites for hydroxylation is 1. The molecule has 0 spiro atoms. The molecule has 0 atom stereocenters. The van der Waals surface area contributed by atoms with Crippen LogP contribution >= 0.6 is 11.8 Å². The predicted molar refractivity (Wildman–Crippen MR) is 72.9 cm³/mol. The van der Waals surface area contributed by atoms with Gasteiger partial charge in [-0.05, 0) is 25.1 Å². The Morgan fingerprint density at radius 2 is 2.06 bits per heavy atom. The SMILES string of the molecule is Cc1ccc(SCCNC(=O)c2ccoc2)cc1. The van der Waals surface area contributed by atoms with Crippen molar-refractivity contribution in [2.45, 2.75) is 11.8 Å². The second kappa shape index (κ2) is 6.31. The smallest absolute Gasteiger partial charge is 0.254 e. The van der Waals surface area contributed by atoms with Gasteiger partial charge in [-0.2, -0.15) is 0 Å². The number of carbonyl (C=O) groups is 1. The summed E-state index contributed by atoms with van der Waals surface area (Å²) in [5.41, 5.74) is 1.82. The Bertz CT molecular complexity index is 491. The molecule has 2 rings (SSSR count). The van der Waals surface area contributed by atoms with Gasteiger partial charge in [-0.1, -0.05) is 17.7 Å². The Hall–Kier alpha value is -1.68. The van der Waals surface area contributed by atoms with Crippen LogP contribution in [0.1, 0.15) is 15.9 Å². The highest BCUT2D eigenvalue weighted by molar-refractivity contribution is 7.99. The van der Waals surface area contributed by atoms with Crippen molar-refractivity contribution in [3.8, 4) is 0 Å². The van der Waals surface area contributed by atoms with Gasteiger partial charge in [0.25, 0.3) is 5.91 Å². The van der Waals surface area contributed by atoms with Crippen molar-refractivity contribution >= 4 is 17.7 Å². The minimum atomic E-state index is -0.0896. The second-order valence-corrected chi connectivity index (χ2v) is 5.10. The molecule has 1 amide bonds. The first-order valence-electron chi connectivity index (χ1n) is 5.75. The summed E-state index contributed by atoms with van der Waals surface area (Å²) in [5.74, 6) is 0.764. The third kappa shape index (κ3) is 3.67. The molecule has 0 fully saturated rings. The number of thioether (sulfide) groups is 1. The summed E-state index contributed by atoms with van der Waals surface area (Å²) in [5, 5.41) is 2.85. The zero-order valence-electron chi connectivity index (χ0n) is 10.2. The van der Waals surface area contributed by atoms with Gasteiger partial charge in [-0.25, -0.2) is 0 Å². The molecule has 3 nitrogen and oxygen atoms in total. The molecule has 0 saturated heterocycles. The van der Waals surface area contributed by atoms with E-state index in [2.05, 4.69) is 36.5 Å². The summed E-state index contributed by atoms with van der Waals surface area (Å²) >= 11 is 1.73. The summed E-state index contributed by atoms with van der Waals surface area (Å²) in [6.45, 7) is 2.71. The summed E-state index contributed by atoms with van der Waals surface area (Å²) in [6, 6.07) is 10.0. The predicted octanol–water partition coefficient (Wildman–Crippen LogP) is 3.11. The Morgan fingerprint density at radius 1 is 1.28 bits per heavy atom. The summed E-state index contributed by atoms with van der Waals surface area (Å²) in [4.78, 5) is 12.8. The van der Waals surface area contributed by atoms with E-state index in [1.807, 2.05) is 0 Å². The lowest BCUT2D eigenvalue weighted by Gasteiger charge is -2.04. The molecule has 2 aromatic rings. The highest BCUT2D eigenvalue weighted by Crippen LogP contribution is 2.17. The fourth-order valence-electron chi connectivity index (χ4n) is 1.46. The first-order chi connectivity index (χ1) is 8.75. The van der Waals surface area contributed by atoms with Crippen molar-refractivity contribution in [1.29, 1.82) is 0 Å². The maximum absolute atomic E-state index is 11.6. The first kappa shape index (κ1) is 12.8. The lowest BCUT2D eigenvalue weighted by atomic mass is 10.2. The van der Waals surface area contributed by atoms with Crippen LogP contribution in [0.4, 0.5) is 0 Å². The highest BCUT2D eigenvalue weighted by Gasteiger charge is 2.05. The standard InChI is InChI=1S/C14H15NO2S/c1-11-2-4-13(5-3-11)18-9-7-15-14(16)12-6-8-17-10-12/h2-6,8,10H,7,9H2,1H3,(H,15,16). The van der Waals surface area contributed by atoms with E-state index in [1.54, 1.807) is 17.8 Å². The van der Waals surface area contributed by atoms with Crippen molar-refractivity contribution in [3.05, 3.63) is 54.0 Å².